The number of hydrogen-bond donors (Lipinski definition) is 2. The van der Waals surface area contributed by atoms with Gasteiger partial charge in [-0.1, -0.05) is 13.8 Å². The smallest absolute Gasteiger partial charge is 0.408 e. The number of ether oxygens (including phenoxy) is 2. The first-order valence-corrected chi connectivity index (χ1v) is 9.14. The Balaban J connectivity index is 4.34. The van der Waals surface area contributed by atoms with E-state index in [1.54, 1.807) is 20.8 Å². The average Bonchev–Trinajstić information content (AvgIpc) is 2.39. The van der Waals surface area contributed by atoms with E-state index in [4.69, 9.17) is 9.47 Å². The third kappa shape index (κ3) is 13.6. The third-order valence-electron chi connectivity index (χ3n) is 3.02. The summed E-state index contributed by atoms with van der Waals surface area (Å²) >= 11 is 0. The van der Waals surface area contributed by atoms with Gasteiger partial charge in [-0.25, -0.2) is 4.79 Å². The molecule has 7 nitrogen and oxygen atoms in total. The molecule has 0 heterocycles. The number of carbonyl (C=O) groups is 3. The number of hydrogen-bond acceptors (Lipinski definition) is 6. The molecule has 2 N–H and O–H groups in total. The highest BCUT2D eigenvalue weighted by molar-refractivity contribution is 5.84. The first kappa shape index (κ1) is 24.4. The highest BCUT2D eigenvalue weighted by Gasteiger charge is 2.25. The molecule has 0 aliphatic carbocycles. The fourth-order valence-corrected chi connectivity index (χ4v) is 2.07. The topological polar surface area (TPSA) is 93.7 Å². The van der Waals surface area contributed by atoms with E-state index in [0.29, 0.717) is 18.9 Å². The number of rotatable bonds is 9. The average molecular weight is 373 g/mol. The summed E-state index contributed by atoms with van der Waals surface area (Å²) in [6.45, 7) is 15.0. The van der Waals surface area contributed by atoms with E-state index in [0.717, 1.165) is 0 Å². The Hall–Kier alpha value is -1.63. The number of carbonyl (C=O) groups excluding carboxylic acids is 3. The number of amides is 1. The molecule has 0 aliphatic heterocycles. The van der Waals surface area contributed by atoms with Crippen molar-refractivity contribution < 1.29 is 23.9 Å². The second-order valence-electron chi connectivity index (χ2n) is 8.81. The number of nitrogens with one attached hydrogen (secondary N) is 2. The molecule has 0 aromatic rings. The molecular weight excluding hydrogens is 336 g/mol. The van der Waals surface area contributed by atoms with Gasteiger partial charge in [-0.15, -0.1) is 0 Å². The Morgan fingerprint density at radius 1 is 0.923 bits per heavy atom. The van der Waals surface area contributed by atoms with Gasteiger partial charge in [-0.3, -0.25) is 9.59 Å². The zero-order valence-electron chi connectivity index (χ0n) is 17.5. The van der Waals surface area contributed by atoms with Gasteiger partial charge in [0.1, 0.15) is 17.2 Å². The van der Waals surface area contributed by atoms with Crippen molar-refractivity contribution in [1.29, 1.82) is 0 Å². The molecule has 0 fully saturated rings. The van der Waals surface area contributed by atoms with Crippen LogP contribution in [0.15, 0.2) is 0 Å². The van der Waals surface area contributed by atoms with Crippen LogP contribution >= 0.6 is 0 Å². The zero-order valence-corrected chi connectivity index (χ0v) is 17.5. The van der Waals surface area contributed by atoms with Crippen LogP contribution in [-0.4, -0.2) is 48.2 Å². The number of ketones is 1. The molecule has 0 aliphatic rings. The lowest BCUT2D eigenvalue weighted by Gasteiger charge is -2.25. The lowest BCUT2D eigenvalue weighted by atomic mass is 10.0. The molecule has 26 heavy (non-hydrogen) atoms. The zero-order chi connectivity index (χ0) is 20.5. The maximum absolute atomic E-state index is 12.3. The van der Waals surface area contributed by atoms with E-state index < -0.39 is 23.3 Å². The van der Waals surface area contributed by atoms with Crippen LogP contribution in [0.1, 0.15) is 68.2 Å². The van der Waals surface area contributed by atoms with Crippen LogP contribution in [0.5, 0.6) is 0 Å². The molecule has 0 bridgehead atoms. The quantitative estimate of drug-likeness (QED) is 0.605. The van der Waals surface area contributed by atoms with Crippen LogP contribution in [0.25, 0.3) is 0 Å². The normalized spacial score (nSPS) is 13.3. The lowest BCUT2D eigenvalue weighted by Crippen LogP contribution is -2.43. The summed E-state index contributed by atoms with van der Waals surface area (Å²) in [5.74, 6) is -0.147. The van der Waals surface area contributed by atoms with Gasteiger partial charge >= 0.3 is 12.1 Å². The van der Waals surface area contributed by atoms with Gasteiger partial charge < -0.3 is 20.1 Å². The van der Waals surface area contributed by atoms with E-state index in [2.05, 4.69) is 10.6 Å². The van der Waals surface area contributed by atoms with Crippen molar-refractivity contribution in [2.45, 2.75) is 85.5 Å². The molecule has 0 radical (unpaired) electrons. The molecule has 0 saturated carbocycles. The predicted octanol–water partition coefficient (Wildman–Crippen LogP) is 2.82. The SMILES string of the molecule is CC(C)C[C@H](NCCC(=O)CNC(=O)OC(C)(C)C)C(=O)OC(C)(C)C. The highest BCUT2D eigenvalue weighted by Crippen LogP contribution is 2.13. The molecule has 7 heteroatoms. The largest absolute Gasteiger partial charge is 0.459 e. The summed E-state index contributed by atoms with van der Waals surface area (Å²) in [6.07, 6.45) is 0.206. The van der Waals surface area contributed by atoms with E-state index in [1.165, 1.54) is 0 Å². The van der Waals surface area contributed by atoms with Gasteiger partial charge in [0.15, 0.2) is 5.78 Å². The standard InChI is InChI=1S/C19H36N2O5/c1-13(2)11-15(16(23)25-18(3,4)5)20-10-9-14(22)12-21-17(24)26-19(6,7)8/h13,15,20H,9-12H2,1-8H3,(H,21,24)/t15-/m0/s1. The van der Waals surface area contributed by atoms with Crippen molar-refractivity contribution in [1.82, 2.24) is 10.6 Å². The van der Waals surface area contributed by atoms with Crippen molar-refractivity contribution in [3.05, 3.63) is 0 Å². The van der Waals surface area contributed by atoms with Crippen LogP contribution in [0.2, 0.25) is 0 Å². The Morgan fingerprint density at radius 2 is 1.46 bits per heavy atom. The van der Waals surface area contributed by atoms with Crippen LogP contribution < -0.4 is 10.6 Å². The fourth-order valence-electron chi connectivity index (χ4n) is 2.07. The minimum atomic E-state index is -0.620. The molecular formula is C19H36N2O5. The molecule has 0 aromatic heterocycles. The summed E-state index contributed by atoms with van der Waals surface area (Å²) in [5.41, 5.74) is -1.16. The monoisotopic (exact) mass is 372 g/mol. The first-order valence-electron chi connectivity index (χ1n) is 9.14. The van der Waals surface area contributed by atoms with Crippen LogP contribution in [0.4, 0.5) is 4.79 Å². The Bertz CT molecular complexity index is 475. The van der Waals surface area contributed by atoms with Gasteiger partial charge in [-0.05, 0) is 53.9 Å². The van der Waals surface area contributed by atoms with E-state index in [-0.39, 0.29) is 24.7 Å². The molecule has 0 unspecified atom stereocenters. The van der Waals surface area contributed by atoms with Crippen molar-refractivity contribution >= 4 is 17.8 Å². The minimum Gasteiger partial charge on any atom is -0.459 e. The van der Waals surface area contributed by atoms with Crippen molar-refractivity contribution in [3.8, 4) is 0 Å². The van der Waals surface area contributed by atoms with Crippen LogP contribution in [0, 0.1) is 5.92 Å². The van der Waals surface area contributed by atoms with E-state index in [1.807, 2.05) is 34.6 Å². The number of alkyl carbamates (subject to hydrolysis) is 1. The molecule has 1 atom stereocenters. The van der Waals surface area contributed by atoms with Crippen molar-refractivity contribution in [3.63, 3.8) is 0 Å². The van der Waals surface area contributed by atoms with Gasteiger partial charge in [0.25, 0.3) is 0 Å². The first-order chi connectivity index (χ1) is 11.7. The Morgan fingerprint density at radius 3 is 1.92 bits per heavy atom. The fraction of sp³-hybridized carbons (Fsp3) is 0.842. The van der Waals surface area contributed by atoms with Gasteiger partial charge in [0.05, 0.1) is 6.54 Å². The minimum absolute atomic E-state index is 0.0993. The summed E-state index contributed by atoms with van der Waals surface area (Å²) in [4.78, 5) is 35.7. The predicted molar refractivity (Wildman–Crippen MR) is 101 cm³/mol. The Labute approximate surface area is 157 Å². The molecule has 0 aromatic carbocycles. The van der Waals surface area contributed by atoms with Gasteiger partial charge in [-0.2, -0.15) is 0 Å². The van der Waals surface area contributed by atoms with Crippen molar-refractivity contribution in [2.24, 2.45) is 5.92 Å². The second kappa shape index (κ2) is 10.5. The molecule has 0 rings (SSSR count). The lowest BCUT2D eigenvalue weighted by molar-refractivity contribution is -0.158. The van der Waals surface area contributed by atoms with E-state index in [9.17, 15) is 14.4 Å². The van der Waals surface area contributed by atoms with Crippen LogP contribution in [-0.2, 0) is 19.1 Å². The van der Waals surface area contributed by atoms with E-state index >= 15 is 0 Å². The summed E-state index contributed by atoms with van der Waals surface area (Å²) in [5, 5.41) is 5.52. The molecule has 152 valence electrons. The second-order valence-corrected chi connectivity index (χ2v) is 8.81. The summed E-state index contributed by atoms with van der Waals surface area (Å²) in [7, 11) is 0. The van der Waals surface area contributed by atoms with Gasteiger partial charge in [0.2, 0.25) is 0 Å². The highest BCUT2D eigenvalue weighted by atomic mass is 16.6. The number of Topliss-reactive ketones (excluding diaryl/α,β-unsaturated/α-hetero) is 1. The Kier molecular flexibility index (Phi) is 9.84. The molecule has 0 saturated heterocycles. The van der Waals surface area contributed by atoms with Crippen LogP contribution in [0.3, 0.4) is 0 Å². The summed E-state index contributed by atoms with van der Waals surface area (Å²) < 4.78 is 10.5. The number of esters is 1. The molecule has 1 amide bonds. The van der Waals surface area contributed by atoms with Gasteiger partial charge in [0, 0.05) is 13.0 Å². The molecule has 0 spiro atoms. The third-order valence-corrected chi connectivity index (χ3v) is 3.02. The van der Waals surface area contributed by atoms with Crippen molar-refractivity contribution in [2.75, 3.05) is 13.1 Å². The maximum atomic E-state index is 12.3. The summed E-state index contributed by atoms with van der Waals surface area (Å²) in [6, 6.07) is -0.458. The maximum Gasteiger partial charge on any atom is 0.408 e.